The lowest BCUT2D eigenvalue weighted by Gasteiger charge is -2.35. The Morgan fingerprint density at radius 3 is 2.19 bits per heavy atom. The van der Waals surface area contributed by atoms with Gasteiger partial charge in [0.2, 0.25) is 26.0 Å². The van der Waals surface area contributed by atoms with Crippen LogP contribution in [0.5, 0.6) is 0 Å². The van der Waals surface area contributed by atoms with Gasteiger partial charge in [0, 0.05) is 19.0 Å². The van der Waals surface area contributed by atoms with Crippen molar-refractivity contribution >= 4 is 31.6 Å². The number of piperidine rings is 1. The zero-order valence-electron chi connectivity index (χ0n) is 17.7. The van der Waals surface area contributed by atoms with Gasteiger partial charge in [0.15, 0.2) is 0 Å². The molecule has 2 fully saturated rings. The molecule has 2 aliphatic heterocycles. The number of hydrogen-bond donors (Lipinski definition) is 1. The number of amides is 1. The van der Waals surface area contributed by atoms with Crippen molar-refractivity contribution < 1.29 is 21.6 Å². The summed E-state index contributed by atoms with van der Waals surface area (Å²) in [5, 5.41) is 0. The molecule has 0 aliphatic carbocycles. The summed E-state index contributed by atoms with van der Waals surface area (Å²) in [6.45, 7) is 2.08. The van der Waals surface area contributed by atoms with E-state index in [1.54, 1.807) is 0 Å². The zero-order chi connectivity index (χ0) is 22.8. The highest BCUT2D eigenvalue weighted by molar-refractivity contribution is 7.94. The van der Waals surface area contributed by atoms with Gasteiger partial charge in [-0.2, -0.15) is 0 Å². The van der Waals surface area contributed by atoms with Crippen molar-refractivity contribution in [1.29, 1.82) is 0 Å². The van der Waals surface area contributed by atoms with Gasteiger partial charge in [-0.1, -0.05) is 36.8 Å². The second kappa shape index (κ2) is 9.30. The number of anilines is 1. The normalized spacial score (nSPS) is 20.4. The van der Waals surface area contributed by atoms with Gasteiger partial charge in [0.1, 0.15) is 0 Å². The number of carbonyl (C=O) groups excluding carboxylic acids is 1. The fourth-order valence-corrected chi connectivity index (χ4v) is 6.76. The van der Waals surface area contributed by atoms with Gasteiger partial charge in [0.05, 0.1) is 16.3 Å². The lowest BCUT2D eigenvalue weighted by Crippen LogP contribution is -2.40. The van der Waals surface area contributed by atoms with E-state index in [0.29, 0.717) is 0 Å². The molecule has 2 aliphatic rings. The first-order valence-electron chi connectivity index (χ1n) is 10.7. The van der Waals surface area contributed by atoms with Crippen LogP contribution in [0.15, 0.2) is 59.5 Å². The van der Waals surface area contributed by atoms with Crippen LogP contribution in [0.4, 0.5) is 5.69 Å². The maximum Gasteiger partial charge on any atom is 0.242 e. The van der Waals surface area contributed by atoms with Crippen LogP contribution in [-0.2, 0) is 24.8 Å². The van der Waals surface area contributed by atoms with Crippen LogP contribution in [0.3, 0.4) is 0 Å². The Bertz CT molecular complexity index is 1160. The molecule has 4 rings (SSSR count). The van der Waals surface area contributed by atoms with Gasteiger partial charge in [-0.15, -0.1) is 0 Å². The molecule has 8 nitrogen and oxygen atoms in total. The van der Waals surface area contributed by atoms with Gasteiger partial charge in [0.25, 0.3) is 0 Å². The van der Waals surface area contributed by atoms with E-state index in [1.165, 1.54) is 30.7 Å². The lowest BCUT2D eigenvalue weighted by molar-refractivity contribution is -0.116. The number of benzene rings is 2. The average molecular weight is 478 g/mol. The van der Waals surface area contributed by atoms with Gasteiger partial charge in [-0.05, 0) is 55.8 Å². The lowest BCUT2D eigenvalue weighted by atomic mass is 10.0. The van der Waals surface area contributed by atoms with Crippen LogP contribution in [0.2, 0.25) is 0 Å². The van der Waals surface area contributed by atoms with Crippen molar-refractivity contribution in [2.24, 2.45) is 0 Å². The smallest absolute Gasteiger partial charge is 0.242 e. The summed E-state index contributed by atoms with van der Waals surface area (Å²) in [5.74, 6) is -0.740. The van der Waals surface area contributed by atoms with E-state index in [-0.39, 0.29) is 35.3 Å². The molecule has 0 saturated carbocycles. The number of rotatable bonds is 7. The topological polar surface area (TPSA) is 104 Å². The van der Waals surface area contributed by atoms with E-state index in [0.717, 1.165) is 35.8 Å². The molecule has 1 atom stereocenters. The Hall–Kier alpha value is -2.27. The molecular weight excluding hydrogens is 450 g/mol. The fraction of sp³-hybridized carbons (Fsp3) is 0.409. The van der Waals surface area contributed by atoms with Gasteiger partial charge >= 0.3 is 0 Å². The Labute approximate surface area is 189 Å². The fourth-order valence-electron chi connectivity index (χ4n) is 4.26. The van der Waals surface area contributed by atoms with Crippen LogP contribution >= 0.6 is 0 Å². The zero-order valence-corrected chi connectivity index (χ0v) is 19.3. The molecular formula is C22H27N3O5S2. The molecule has 0 aromatic heterocycles. The molecule has 0 radical (unpaired) electrons. The van der Waals surface area contributed by atoms with E-state index < -0.39 is 26.0 Å². The Morgan fingerprint density at radius 2 is 1.59 bits per heavy atom. The second-order valence-electron chi connectivity index (χ2n) is 8.09. The highest BCUT2D eigenvalue weighted by atomic mass is 32.2. The van der Waals surface area contributed by atoms with E-state index in [9.17, 15) is 21.6 Å². The monoisotopic (exact) mass is 477 g/mol. The summed E-state index contributed by atoms with van der Waals surface area (Å²) < 4.78 is 53.5. The summed E-state index contributed by atoms with van der Waals surface area (Å²) in [6.07, 6.45) is 3.30. The highest BCUT2D eigenvalue weighted by Crippen LogP contribution is 2.27. The maximum atomic E-state index is 12.9. The Balaban J connectivity index is 1.51. The molecule has 10 heteroatoms. The summed E-state index contributed by atoms with van der Waals surface area (Å²) in [5.41, 5.74) is 1.21. The number of sulfonamides is 2. The molecule has 32 heavy (non-hydrogen) atoms. The van der Waals surface area contributed by atoms with Crippen molar-refractivity contribution in [2.45, 2.75) is 36.6 Å². The standard InChI is InChI=1S/C22H27N3O5S2/c26-22-13-16-31(27,28)25(22)19-9-11-20(12-10-19)32(29,30)23-17-21(18-7-3-1-4-8-18)24-14-5-2-6-15-24/h1,3-4,7-12,21,23H,2,5-6,13-17H2. The molecule has 0 bridgehead atoms. The molecule has 1 amide bonds. The molecule has 172 valence electrons. The molecule has 1 N–H and O–H groups in total. The van der Waals surface area contributed by atoms with Crippen molar-refractivity contribution in [3.05, 3.63) is 60.2 Å². The Morgan fingerprint density at radius 1 is 0.938 bits per heavy atom. The maximum absolute atomic E-state index is 12.9. The first-order chi connectivity index (χ1) is 15.3. The summed E-state index contributed by atoms with van der Waals surface area (Å²) >= 11 is 0. The van der Waals surface area contributed by atoms with Crippen molar-refractivity contribution in [3.8, 4) is 0 Å². The largest absolute Gasteiger partial charge is 0.295 e. The SMILES string of the molecule is O=C1CCS(=O)(=O)N1c1ccc(S(=O)(=O)NCC(c2ccccc2)N2CCCCC2)cc1. The predicted molar refractivity (Wildman–Crippen MR) is 122 cm³/mol. The predicted octanol–water partition coefficient (Wildman–Crippen LogP) is 2.26. The second-order valence-corrected chi connectivity index (χ2v) is 11.8. The van der Waals surface area contributed by atoms with Crippen molar-refractivity contribution in [3.63, 3.8) is 0 Å². The van der Waals surface area contributed by atoms with Crippen LogP contribution in [-0.4, -0.2) is 53.0 Å². The van der Waals surface area contributed by atoms with Gasteiger partial charge in [-0.25, -0.2) is 25.9 Å². The van der Waals surface area contributed by atoms with E-state index in [4.69, 9.17) is 0 Å². The molecule has 2 aromatic carbocycles. The van der Waals surface area contributed by atoms with Crippen LogP contribution < -0.4 is 9.03 Å². The van der Waals surface area contributed by atoms with Crippen LogP contribution in [0.1, 0.15) is 37.3 Å². The highest BCUT2D eigenvalue weighted by Gasteiger charge is 2.36. The molecule has 2 saturated heterocycles. The third kappa shape index (κ3) is 4.88. The first-order valence-corrected chi connectivity index (χ1v) is 13.8. The Kier molecular flexibility index (Phi) is 6.66. The van der Waals surface area contributed by atoms with Gasteiger partial charge in [-0.3, -0.25) is 9.69 Å². The van der Waals surface area contributed by atoms with E-state index >= 15 is 0 Å². The minimum absolute atomic E-state index is 0.0238. The van der Waals surface area contributed by atoms with Crippen molar-refractivity contribution in [2.75, 3.05) is 29.7 Å². The minimum atomic E-state index is -3.81. The van der Waals surface area contributed by atoms with E-state index in [1.807, 2.05) is 30.3 Å². The summed E-state index contributed by atoms with van der Waals surface area (Å²) in [6, 6.07) is 15.2. The number of hydrogen-bond acceptors (Lipinski definition) is 6. The van der Waals surface area contributed by atoms with E-state index in [2.05, 4.69) is 9.62 Å². The third-order valence-corrected chi connectivity index (χ3v) is 9.07. The first kappa shape index (κ1) is 22.9. The minimum Gasteiger partial charge on any atom is -0.295 e. The summed E-state index contributed by atoms with van der Waals surface area (Å²) in [7, 11) is -7.50. The summed E-state index contributed by atoms with van der Waals surface area (Å²) in [4.78, 5) is 14.3. The van der Waals surface area contributed by atoms with Crippen LogP contribution in [0.25, 0.3) is 0 Å². The molecule has 2 heterocycles. The molecule has 2 aromatic rings. The number of likely N-dealkylation sites (tertiary alicyclic amines) is 1. The third-order valence-electron chi connectivity index (χ3n) is 5.94. The van der Waals surface area contributed by atoms with Crippen molar-refractivity contribution in [1.82, 2.24) is 9.62 Å². The van der Waals surface area contributed by atoms with Crippen LogP contribution in [0, 0.1) is 0 Å². The number of nitrogens with one attached hydrogen (secondary N) is 1. The van der Waals surface area contributed by atoms with Gasteiger partial charge < -0.3 is 0 Å². The average Bonchev–Trinajstić information content (AvgIpc) is 3.07. The molecule has 0 spiro atoms. The molecule has 1 unspecified atom stereocenters. The number of carbonyl (C=O) groups is 1. The number of nitrogens with zero attached hydrogens (tertiary/aromatic N) is 2. The quantitative estimate of drug-likeness (QED) is 0.656.